The average Bonchev–Trinajstić information content (AvgIpc) is 3.79. The first kappa shape index (κ1) is 52.5. The molecular formula is C57H80N2O10. The summed E-state index contributed by atoms with van der Waals surface area (Å²) in [7, 11) is 0. The predicted molar refractivity (Wildman–Crippen MR) is 266 cm³/mol. The second-order valence-corrected chi connectivity index (χ2v) is 22.4. The van der Waals surface area contributed by atoms with Crippen LogP contribution in [-0.4, -0.2) is 82.9 Å². The smallest absolute Gasteiger partial charge is 0.338 e. The van der Waals surface area contributed by atoms with Gasteiger partial charge < -0.3 is 39.4 Å². The lowest BCUT2D eigenvalue weighted by molar-refractivity contribution is -0.190. The first-order chi connectivity index (χ1) is 32.8. The number of hydrogen-bond acceptors (Lipinski definition) is 10. The number of amides is 2. The van der Waals surface area contributed by atoms with Crippen molar-refractivity contribution < 1.29 is 48.0 Å². The molecule has 8 atom stereocenters. The van der Waals surface area contributed by atoms with E-state index in [0.29, 0.717) is 58.5 Å². The number of ether oxygens (including phenoxy) is 5. The van der Waals surface area contributed by atoms with Gasteiger partial charge in [0, 0.05) is 43.4 Å². The van der Waals surface area contributed by atoms with Crippen LogP contribution in [-0.2, 0) is 39.8 Å². The zero-order chi connectivity index (χ0) is 49.6. The third-order valence-corrected chi connectivity index (χ3v) is 15.3. The van der Waals surface area contributed by atoms with E-state index >= 15 is 0 Å². The molecule has 0 aromatic heterocycles. The second kappa shape index (κ2) is 22.4. The quantitative estimate of drug-likeness (QED) is 0.0662. The van der Waals surface area contributed by atoms with Crippen LogP contribution in [0, 0.1) is 17.3 Å². The van der Waals surface area contributed by atoms with Crippen molar-refractivity contribution in [3.05, 3.63) is 88.0 Å². The van der Waals surface area contributed by atoms with E-state index in [1.807, 2.05) is 36.4 Å². The van der Waals surface area contributed by atoms with Gasteiger partial charge in [-0.3, -0.25) is 14.4 Å². The minimum absolute atomic E-state index is 0.0303. The first-order valence-corrected chi connectivity index (χ1v) is 26.1. The molecule has 2 saturated carbocycles. The van der Waals surface area contributed by atoms with Crippen molar-refractivity contribution in [1.29, 1.82) is 0 Å². The zero-order valence-electron chi connectivity index (χ0n) is 42.7. The van der Waals surface area contributed by atoms with Gasteiger partial charge in [0.15, 0.2) is 5.79 Å². The van der Waals surface area contributed by atoms with Gasteiger partial charge in [-0.05, 0) is 138 Å². The number of aliphatic hydroxyl groups excluding tert-OH is 1. The molecule has 12 nitrogen and oxygen atoms in total. The van der Waals surface area contributed by atoms with Gasteiger partial charge in [-0.25, -0.2) is 4.79 Å². The maximum Gasteiger partial charge on any atom is 0.338 e. The third kappa shape index (κ3) is 13.5. The highest BCUT2D eigenvalue weighted by atomic mass is 16.8. The van der Waals surface area contributed by atoms with Crippen LogP contribution in [0.4, 0.5) is 0 Å². The maximum atomic E-state index is 14.1. The van der Waals surface area contributed by atoms with Crippen LogP contribution < -0.4 is 10.6 Å². The summed E-state index contributed by atoms with van der Waals surface area (Å²) in [6.45, 7) is 16.6. The van der Waals surface area contributed by atoms with E-state index < -0.39 is 53.6 Å². The first-order valence-electron chi connectivity index (χ1n) is 26.1. The molecule has 378 valence electrons. The molecule has 69 heavy (non-hydrogen) atoms. The zero-order valence-corrected chi connectivity index (χ0v) is 42.7. The number of nitrogens with one attached hydrogen (secondary N) is 2. The van der Waals surface area contributed by atoms with Crippen LogP contribution in [0.1, 0.15) is 190 Å². The summed E-state index contributed by atoms with van der Waals surface area (Å²) in [5.41, 5.74) is 4.18. The summed E-state index contributed by atoms with van der Waals surface area (Å²) in [4.78, 5) is 53.7. The van der Waals surface area contributed by atoms with E-state index in [4.69, 9.17) is 23.7 Å². The number of rotatable bonds is 20. The molecule has 3 N–H and O–H groups in total. The highest BCUT2D eigenvalue weighted by molar-refractivity contribution is 5.95. The van der Waals surface area contributed by atoms with Crippen molar-refractivity contribution in [2.24, 2.45) is 17.3 Å². The van der Waals surface area contributed by atoms with E-state index in [1.165, 1.54) is 18.4 Å². The molecule has 7 rings (SSSR count). The molecule has 8 unspecified atom stereocenters. The molecule has 12 heteroatoms. The monoisotopic (exact) mass is 953 g/mol. The molecule has 2 aromatic carbocycles. The molecule has 2 aliphatic heterocycles. The Morgan fingerprint density at radius 1 is 0.899 bits per heavy atom. The molecule has 2 saturated heterocycles. The van der Waals surface area contributed by atoms with Gasteiger partial charge in [0.25, 0.3) is 5.91 Å². The van der Waals surface area contributed by atoms with Gasteiger partial charge in [-0.2, -0.15) is 0 Å². The number of benzene rings is 2. The lowest BCUT2D eigenvalue weighted by atomic mass is 9.52. The molecule has 0 spiro atoms. The summed E-state index contributed by atoms with van der Waals surface area (Å²) >= 11 is 0. The standard InChI is InChI=1S/C57H80N2O10/c1-9-11-13-27-57(28-14-12-10-2)66-47-33-42(51(62)58-35-38-16-15-17-41(31-38)52(63)59-43(36-60)23-25-49(61)68-54(3,4)5)32-46(50(47)69-57)65-53(64)39-20-18-37(19-21-39)30-40-22-24-48-56(8,67-48)29-26-45-44(40)34-55(45,6)7/h15-21,30-31,33,43-48,50,60H,9-14,22-29,32,34-36H2,1-8H3,(H,58,62)(H,59,63). The fraction of sp³-hybridized carbons (Fsp3) is 0.649. The minimum atomic E-state index is -0.845. The number of allylic oxidation sites excluding steroid dienone is 1. The van der Waals surface area contributed by atoms with E-state index in [2.05, 4.69) is 51.3 Å². The van der Waals surface area contributed by atoms with Crippen molar-refractivity contribution in [3.8, 4) is 0 Å². The number of epoxide rings is 1. The number of unbranched alkanes of at least 4 members (excludes halogenated alkanes) is 4. The SMILES string of the molecule is CCCCCC1(CCCCC)OC2C=C(C(=O)NCc3cccc(C(=O)NC(CO)CCC(=O)OC(C)(C)C)c3)CC(OC(=O)c3ccc(C=C4CCC5OC5(C)CCC5C4CC5(C)C)cc3)C2O1. The normalized spacial score (nSPS) is 27.7. The van der Waals surface area contributed by atoms with Crippen molar-refractivity contribution in [2.75, 3.05) is 6.61 Å². The Morgan fingerprint density at radius 3 is 2.29 bits per heavy atom. The van der Waals surface area contributed by atoms with Crippen LogP contribution in [0.2, 0.25) is 0 Å². The third-order valence-electron chi connectivity index (χ3n) is 15.3. The van der Waals surface area contributed by atoms with Gasteiger partial charge >= 0.3 is 11.9 Å². The van der Waals surface area contributed by atoms with Crippen LogP contribution in [0.3, 0.4) is 0 Å². The Labute approximate surface area is 411 Å². The summed E-state index contributed by atoms with van der Waals surface area (Å²) in [5.74, 6) is -1.26. The second-order valence-electron chi connectivity index (χ2n) is 22.4. The summed E-state index contributed by atoms with van der Waals surface area (Å²) in [6.07, 6.45) is 16.0. The number of hydrogen-bond donors (Lipinski definition) is 3. The van der Waals surface area contributed by atoms with Crippen molar-refractivity contribution in [1.82, 2.24) is 10.6 Å². The van der Waals surface area contributed by atoms with Gasteiger partial charge in [-0.1, -0.05) is 89.3 Å². The highest BCUT2D eigenvalue weighted by Gasteiger charge is 2.56. The molecule has 2 aromatic rings. The summed E-state index contributed by atoms with van der Waals surface area (Å²) in [6, 6.07) is 13.9. The number of esters is 2. The van der Waals surface area contributed by atoms with E-state index in [9.17, 15) is 24.3 Å². The molecule has 0 bridgehead atoms. The maximum absolute atomic E-state index is 14.1. The Bertz CT molecular complexity index is 2180. The highest BCUT2D eigenvalue weighted by Crippen LogP contribution is 2.60. The van der Waals surface area contributed by atoms with Crippen LogP contribution in [0.5, 0.6) is 0 Å². The fourth-order valence-electron chi connectivity index (χ4n) is 11.2. The molecule has 4 fully saturated rings. The molecule has 3 aliphatic carbocycles. The predicted octanol–water partition coefficient (Wildman–Crippen LogP) is 10.5. The van der Waals surface area contributed by atoms with Crippen molar-refractivity contribution in [2.45, 2.75) is 212 Å². The molecule has 2 heterocycles. The number of aliphatic hydroxyl groups is 1. The lowest BCUT2D eigenvalue weighted by Crippen LogP contribution is -2.45. The summed E-state index contributed by atoms with van der Waals surface area (Å²) < 4.78 is 31.6. The Hall–Kier alpha value is -4.36. The van der Waals surface area contributed by atoms with E-state index in [1.54, 1.807) is 39.0 Å². The van der Waals surface area contributed by atoms with Gasteiger partial charge in [0.2, 0.25) is 5.91 Å². The molecular weight excluding hydrogens is 873 g/mol. The molecule has 0 radical (unpaired) electrons. The Morgan fingerprint density at radius 2 is 1.62 bits per heavy atom. The number of carbonyl (C=O) groups is 4. The summed E-state index contributed by atoms with van der Waals surface area (Å²) in [5, 5.41) is 15.8. The Balaban J connectivity index is 1.03. The van der Waals surface area contributed by atoms with Gasteiger partial charge in [0.1, 0.15) is 23.9 Å². The Kier molecular flexibility index (Phi) is 17.0. The van der Waals surface area contributed by atoms with E-state index in [0.717, 1.165) is 63.4 Å². The van der Waals surface area contributed by atoms with Crippen molar-refractivity contribution in [3.63, 3.8) is 0 Å². The fourth-order valence-corrected chi connectivity index (χ4v) is 11.2. The van der Waals surface area contributed by atoms with Crippen LogP contribution in [0.25, 0.3) is 6.08 Å². The average molecular weight is 953 g/mol. The van der Waals surface area contributed by atoms with Gasteiger partial charge in [-0.15, -0.1) is 0 Å². The van der Waals surface area contributed by atoms with Gasteiger partial charge in [0.05, 0.1) is 29.9 Å². The number of fused-ring (bicyclic) bond motifs is 3. The molecule has 2 amide bonds. The minimum Gasteiger partial charge on any atom is -0.460 e. The molecule has 5 aliphatic rings. The van der Waals surface area contributed by atoms with Crippen molar-refractivity contribution >= 4 is 29.8 Å². The largest absolute Gasteiger partial charge is 0.460 e. The lowest BCUT2D eigenvalue weighted by Gasteiger charge is -2.53. The van der Waals surface area contributed by atoms with Crippen LogP contribution >= 0.6 is 0 Å². The topological polar surface area (TPSA) is 162 Å². The van der Waals surface area contributed by atoms with E-state index in [-0.39, 0.29) is 43.9 Å². The number of carbonyl (C=O) groups excluding carboxylic acids is 4. The van der Waals surface area contributed by atoms with Crippen LogP contribution in [0.15, 0.2) is 65.8 Å².